The first-order valence-corrected chi connectivity index (χ1v) is 11.1. The highest BCUT2D eigenvalue weighted by molar-refractivity contribution is 5.94. The third kappa shape index (κ3) is 5.35. The van der Waals surface area contributed by atoms with Crippen LogP contribution in [0.2, 0.25) is 0 Å². The Hall–Kier alpha value is -3.18. The number of hydrogen-bond donors (Lipinski definition) is 0. The van der Waals surface area contributed by atoms with Crippen LogP contribution in [0, 0.1) is 5.82 Å². The third-order valence-corrected chi connectivity index (χ3v) is 6.11. The van der Waals surface area contributed by atoms with Crippen molar-refractivity contribution in [2.45, 2.75) is 32.0 Å². The Morgan fingerprint density at radius 1 is 1.00 bits per heavy atom. The van der Waals surface area contributed by atoms with Crippen LogP contribution in [0.3, 0.4) is 0 Å². The molecule has 0 saturated carbocycles. The van der Waals surface area contributed by atoms with Crippen molar-refractivity contribution in [1.82, 2.24) is 9.80 Å². The average molecular weight is 433 g/mol. The Morgan fingerprint density at radius 2 is 1.72 bits per heavy atom. The van der Waals surface area contributed by atoms with E-state index >= 15 is 0 Å². The van der Waals surface area contributed by atoms with Gasteiger partial charge in [0.05, 0.1) is 7.11 Å². The van der Waals surface area contributed by atoms with Gasteiger partial charge in [0.2, 0.25) is 0 Å². The number of likely N-dealkylation sites (tertiary alicyclic amines) is 1. The van der Waals surface area contributed by atoms with Gasteiger partial charge in [0, 0.05) is 43.3 Å². The zero-order valence-corrected chi connectivity index (χ0v) is 18.4. The molecule has 1 aliphatic rings. The van der Waals surface area contributed by atoms with Crippen molar-refractivity contribution in [1.29, 1.82) is 0 Å². The van der Waals surface area contributed by atoms with Gasteiger partial charge in [-0.3, -0.25) is 9.69 Å². The number of amides is 1. The number of halogens is 1. The summed E-state index contributed by atoms with van der Waals surface area (Å²) in [6.07, 6.45) is 1.76. The van der Waals surface area contributed by atoms with Crippen LogP contribution in [-0.4, -0.2) is 41.9 Å². The predicted octanol–water partition coefficient (Wildman–Crippen LogP) is 5.14. The zero-order chi connectivity index (χ0) is 22.3. The maximum Gasteiger partial charge on any atom is 0.254 e. The molecule has 0 bridgehead atoms. The van der Waals surface area contributed by atoms with Gasteiger partial charge < -0.3 is 9.64 Å². The van der Waals surface area contributed by atoms with E-state index in [0.29, 0.717) is 12.1 Å². The first kappa shape index (κ1) is 22.0. The third-order valence-electron chi connectivity index (χ3n) is 6.11. The van der Waals surface area contributed by atoms with Crippen molar-refractivity contribution in [3.63, 3.8) is 0 Å². The molecule has 4 rings (SSSR count). The first-order valence-electron chi connectivity index (χ1n) is 11.1. The molecule has 0 unspecified atom stereocenters. The van der Waals surface area contributed by atoms with Gasteiger partial charge in [0.1, 0.15) is 11.6 Å². The summed E-state index contributed by atoms with van der Waals surface area (Å²) in [5.41, 5.74) is 2.63. The van der Waals surface area contributed by atoms with Crippen LogP contribution < -0.4 is 4.74 Å². The van der Waals surface area contributed by atoms with Crippen LogP contribution in [0.4, 0.5) is 4.39 Å². The number of methoxy groups -OCH3 is 1. The van der Waals surface area contributed by atoms with Crippen molar-refractivity contribution in [3.8, 4) is 5.75 Å². The Kier molecular flexibility index (Phi) is 7.17. The highest BCUT2D eigenvalue weighted by Crippen LogP contribution is 2.26. The van der Waals surface area contributed by atoms with Crippen molar-refractivity contribution in [2.75, 3.05) is 20.2 Å². The van der Waals surface area contributed by atoms with E-state index in [4.69, 9.17) is 4.74 Å². The number of nitrogens with zero attached hydrogens (tertiary/aromatic N) is 2. The molecule has 0 aromatic heterocycles. The number of carbonyl (C=O) groups is 1. The number of ether oxygens (including phenoxy) is 1. The van der Waals surface area contributed by atoms with Crippen LogP contribution in [0.5, 0.6) is 5.75 Å². The lowest BCUT2D eigenvalue weighted by Crippen LogP contribution is -2.47. The second kappa shape index (κ2) is 10.4. The van der Waals surface area contributed by atoms with E-state index in [9.17, 15) is 9.18 Å². The smallest absolute Gasteiger partial charge is 0.254 e. The highest BCUT2D eigenvalue weighted by Gasteiger charge is 2.29. The number of piperidine rings is 1. The molecule has 32 heavy (non-hydrogen) atoms. The van der Waals surface area contributed by atoms with Crippen LogP contribution in [0.1, 0.15) is 34.3 Å². The van der Waals surface area contributed by atoms with Crippen LogP contribution in [-0.2, 0) is 13.1 Å². The largest absolute Gasteiger partial charge is 0.496 e. The summed E-state index contributed by atoms with van der Waals surface area (Å²) in [7, 11) is 1.64. The number of para-hydroxylation sites is 1. The van der Waals surface area contributed by atoms with Crippen LogP contribution in [0.25, 0.3) is 0 Å². The Morgan fingerprint density at radius 3 is 2.44 bits per heavy atom. The molecule has 166 valence electrons. The number of hydrogen-bond acceptors (Lipinski definition) is 3. The van der Waals surface area contributed by atoms with Gasteiger partial charge >= 0.3 is 0 Å². The first-order chi connectivity index (χ1) is 15.6. The average Bonchev–Trinajstić information content (AvgIpc) is 2.83. The van der Waals surface area contributed by atoms with Gasteiger partial charge in [0.25, 0.3) is 5.91 Å². The van der Waals surface area contributed by atoms with E-state index in [-0.39, 0.29) is 11.9 Å². The molecule has 0 N–H and O–H groups in total. The number of rotatable bonds is 7. The van der Waals surface area contributed by atoms with Crippen molar-refractivity contribution in [2.24, 2.45) is 0 Å². The molecule has 1 aliphatic heterocycles. The fourth-order valence-electron chi connectivity index (χ4n) is 4.40. The van der Waals surface area contributed by atoms with Crippen molar-refractivity contribution < 1.29 is 13.9 Å². The second-order valence-electron chi connectivity index (χ2n) is 8.25. The van der Waals surface area contributed by atoms with E-state index in [2.05, 4.69) is 29.2 Å². The van der Waals surface area contributed by atoms with Crippen LogP contribution in [0.15, 0.2) is 78.9 Å². The van der Waals surface area contributed by atoms with E-state index in [1.165, 1.54) is 17.7 Å². The highest BCUT2D eigenvalue weighted by atomic mass is 19.1. The summed E-state index contributed by atoms with van der Waals surface area (Å²) in [6.45, 7) is 3.18. The molecule has 0 aliphatic carbocycles. The topological polar surface area (TPSA) is 32.8 Å². The van der Waals surface area contributed by atoms with Gasteiger partial charge in [-0.05, 0) is 42.7 Å². The maximum absolute atomic E-state index is 13.8. The number of carbonyl (C=O) groups excluding carboxylic acids is 1. The maximum atomic E-state index is 13.8. The summed E-state index contributed by atoms with van der Waals surface area (Å²) >= 11 is 0. The standard InChI is InChI=1S/C27H29FN2O2/c1-32-26-13-6-5-10-23(26)20-30(27(31)22-11-7-12-24(28)18-22)25-14-16-29(17-15-25)19-21-8-3-2-4-9-21/h2-13,18,25H,14-17,19-20H2,1H3. The molecule has 5 heteroatoms. The summed E-state index contributed by atoms with van der Waals surface area (Å²) in [6, 6.07) is 24.3. The van der Waals surface area contributed by atoms with Crippen LogP contribution >= 0.6 is 0 Å². The summed E-state index contributed by atoms with van der Waals surface area (Å²) in [4.78, 5) is 17.8. The van der Waals surface area contributed by atoms with Gasteiger partial charge in [-0.2, -0.15) is 0 Å². The van der Waals surface area contributed by atoms with E-state index in [0.717, 1.165) is 43.8 Å². The Bertz CT molecular complexity index is 1030. The fourth-order valence-corrected chi connectivity index (χ4v) is 4.40. The number of benzene rings is 3. The Balaban J connectivity index is 1.52. The van der Waals surface area contributed by atoms with E-state index in [1.807, 2.05) is 35.2 Å². The Labute approximate surface area is 189 Å². The molecule has 1 heterocycles. The van der Waals surface area contributed by atoms with Crippen molar-refractivity contribution >= 4 is 5.91 Å². The lowest BCUT2D eigenvalue weighted by molar-refractivity contribution is 0.0540. The van der Waals surface area contributed by atoms with Gasteiger partial charge in [-0.25, -0.2) is 4.39 Å². The lowest BCUT2D eigenvalue weighted by Gasteiger charge is -2.39. The molecule has 1 amide bonds. The minimum absolute atomic E-state index is 0.0858. The molecule has 3 aromatic rings. The molecular formula is C27H29FN2O2. The fraction of sp³-hybridized carbons (Fsp3) is 0.296. The lowest BCUT2D eigenvalue weighted by atomic mass is 10.00. The second-order valence-corrected chi connectivity index (χ2v) is 8.25. The minimum Gasteiger partial charge on any atom is -0.496 e. The summed E-state index contributed by atoms with van der Waals surface area (Å²) in [5.74, 6) is 0.216. The van der Waals surface area contributed by atoms with Gasteiger partial charge in [-0.15, -0.1) is 0 Å². The molecule has 3 aromatic carbocycles. The van der Waals surface area contributed by atoms with E-state index < -0.39 is 5.82 Å². The van der Waals surface area contributed by atoms with Crippen molar-refractivity contribution in [3.05, 3.63) is 101 Å². The monoisotopic (exact) mass is 432 g/mol. The minimum atomic E-state index is -0.397. The predicted molar refractivity (Wildman–Crippen MR) is 124 cm³/mol. The summed E-state index contributed by atoms with van der Waals surface area (Å²) in [5, 5.41) is 0. The summed E-state index contributed by atoms with van der Waals surface area (Å²) < 4.78 is 19.4. The SMILES string of the molecule is COc1ccccc1CN(C(=O)c1cccc(F)c1)C1CCN(Cc2ccccc2)CC1. The zero-order valence-electron chi connectivity index (χ0n) is 18.4. The molecule has 1 saturated heterocycles. The van der Waals surface area contributed by atoms with E-state index in [1.54, 1.807) is 19.2 Å². The molecule has 4 nitrogen and oxygen atoms in total. The normalized spacial score (nSPS) is 14.8. The van der Waals surface area contributed by atoms with Gasteiger partial charge in [0.15, 0.2) is 0 Å². The molecule has 0 radical (unpaired) electrons. The molecule has 0 spiro atoms. The van der Waals surface area contributed by atoms with Gasteiger partial charge in [-0.1, -0.05) is 54.6 Å². The molecular weight excluding hydrogens is 403 g/mol. The molecule has 0 atom stereocenters. The quantitative estimate of drug-likeness (QED) is 0.518. The molecule has 1 fully saturated rings.